The number of hydrogen-bond acceptors (Lipinski definition) is 4. The summed E-state index contributed by atoms with van der Waals surface area (Å²) < 4.78 is 15.2. The molecular formula is C11H14O4. The maximum Gasteiger partial charge on any atom is 0.161 e. The quantitative estimate of drug-likeness (QED) is 0.693. The van der Waals surface area contributed by atoms with E-state index in [-0.39, 0.29) is 0 Å². The van der Waals surface area contributed by atoms with Gasteiger partial charge in [0.25, 0.3) is 0 Å². The molecule has 0 spiro atoms. The SMILES string of the molecule is COCc1cc(OC)c(OC)cc1C=O. The molecule has 1 aromatic rings. The van der Waals surface area contributed by atoms with E-state index in [1.165, 1.54) is 7.11 Å². The summed E-state index contributed by atoms with van der Waals surface area (Å²) in [6.07, 6.45) is 0.774. The van der Waals surface area contributed by atoms with Crippen LogP contribution in [-0.4, -0.2) is 27.6 Å². The van der Waals surface area contributed by atoms with Gasteiger partial charge in [-0.15, -0.1) is 0 Å². The largest absolute Gasteiger partial charge is 0.493 e. The summed E-state index contributed by atoms with van der Waals surface area (Å²) in [5.74, 6) is 1.13. The molecule has 0 unspecified atom stereocenters. The van der Waals surface area contributed by atoms with Crippen molar-refractivity contribution in [3.8, 4) is 11.5 Å². The Morgan fingerprint density at radius 3 is 2.20 bits per heavy atom. The van der Waals surface area contributed by atoms with Crippen LogP contribution in [-0.2, 0) is 11.3 Å². The minimum atomic E-state index is 0.369. The predicted molar refractivity (Wildman–Crippen MR) is 55.6 cm³/mol. The van der Waals surface area contributed by atoms with Crippen molar-refractivity contribution >= 4 is 6.29 Å². The van der Waals surface area contributed by atoms with E-state index < -0.39 is 0 Å². The maximum atomic E-state index is 10.8. The van der Waals surface area contributed by atoms with Crippen LogP contribution < -0.4 is 9.47 Å². The third-order valence-electron chi connectivity index (χ3n) is 2.07. The van der Waals surface area contributed by atoms with Gasteiger partial charge in [0.1, 0.15) is 0 Å². The number of methoxy groups -OCH3 is 3. The van der Waals surface area contributed by atoms with Crippen molar-refractivity contribution < 1.29 is 19.0 Å². The van der Waals surface area contributed by atoms with E-state index in [0.29, 0.717) is 23.7 Å². The number of aldehydes is 1. The smallest absolute Gasteiger partial charge is 0.161 e. The molecule has 0 atom stereocenters. The zero-order valence-corrected chi connectivity index (χ0v) is 9.07. The summed E-state index contributed by atoms with van der Waals surface area (Å²) in [6.45, 7) is 0.369. The summed E-state index contributed by atoms with van der Waals surface area (Å²) in [5.41, 5.74) is 1.33. The van der Waals surface area contributed by atoms with Crippen LogP contribution in [0.15, 0.2) is 12.1 Å². The zero-order chi connectivity index (χ0) is 11.3. The summed E-state index contributed by atoms with van der Waals surface area (Å²) in [7, 11) is 4.66. The molecule has 0 aliphatic heterocycles. The van der Waals surface area contributed by atoms with Gasteiger partial charge >= 0.3 is 0 Å². The van der Waals surface area contributed by atoms with Crippen LogP contribution in [0.5, 0.6) is 11.5 Å². The number of hydrogen-bond donors (Lipinski definition) is 0. The summed E-state index contributed by atoms with van der Waals surface area (Å²) in [6, 6.07) is 3.38. The highest BCUT2D eigenvalue weighted by Gasteiger charge is 2.10. The molecule has 0 aliphatic rings. The lowest BCUT2D eigenvalue weighted by Crippen LogP contribution is -1.99. The van der Waals surface area contributed by atoms with Crippen molar-refractivity contribution in [2.24, 2.45) is 0 Å². The highest BCUT2D eigenvalue weighted by Crippen LogP contribution is 2.30. The Labute approximate surface area is 88.8 Å². The molecule has 0 amide bonds. The van der Waals surface area contributed by atoms with Crippen molar-refractivity contribution in [1.29, 1.82) is 0 Å². The van der Waals surface area contributed by atoms with Gasteiger partial charge in [-0.2, -0.15) is 0 Å². The molecule has 1 aromatic carbocycles. The second kappa shape index (κ2) is 5.36. The molecule has 1 rings (SSSR count). The monoisotopic (exact) mass is 210 g/mol. The van der Waals surface area contributed by atoms with Gasteiger partial charge in [0.05, 0.1) is 20.8 Å². The Morgan fingerprint density at radius 1 is 1.13 bits per heavy atom. The van der Waals surface area contributed by atoms with Crippen LogP contribution in [0.1, 0.15) is 15.9 Å². The third kappa shape index (κ3) is 2.47. The second-order valence-corrected chi connectivity index (χ2v) is 2.96. The zero-order valence-electron chi connectivity index (χ0n) is 9.07. The molecule has 0 aromatic heterocycles. The van der Waals surface area contributed by atoms with Crippen LogP contribution >= 0.6 is 0 Å². The van der Waals surface area contributed by atoms with E-state index in [1.54, 1.807) is 26.4 Å². The molecule has 4 heteroatoms. The Hall–Kier alpha value is -1.55. The van der Waals surface area contributed by atoms with E-state index in [4.69, 9.17) is 14.2 Å². The van der Waals surface area contributed by atoms with Gasteiger partial charge in [0.2, 0.25) is 0 Å². The molecule has 0 fully saturated rings. The lowest BCUT2D eigenvalue weighted by atomic mass is 10.1. The van der Waals surface area contributed by atoms with Gasteiger partial charge in [0, 0.05) is 12.7 Å². The standard InChI is InChI=1S/C11H14O4/c1-13-7-9-5-11(15-3)10(14-2)4-8(9)6-12/h4-6H,7H2,1-3H3. The summed E-state index contributed by atoms with van der Waals surface area (Å²) in [5, 5.41) is 0. The van der Waals surface area contributed by atoms with Crippen LogP contribution in [0.2, 0.25) is 0 Å². The van der Waals surface area contributed by atoms with Gasteiger partial charge in [-0.05, 0) is 17.7 Å². The first-order chi connectivity index (χ1) is 7.26. The lowest BCUT2D eigenvalue weighted by molar-refractivity contribution is 0.111. The van der Waals surface area contributed by atoms with Gasteiger partial charge in [-0.3, -0.25) is 4.79 Å². The number of carbonyl (C=O) groups is 1. The molecule has 15 heavy (non-hydrogen) atoms. The fourth-order valence-corrected chi connectivity index (χ4v) is 1.33. The first kappa shape index (κ1) is 11.5. The summed E-state index contributed by atoms with van der Waals surface area (Å²) >= 11 is 0. The van der Waals surface area contributed by atoms with Crippen molar-refractivity contribution in [3.05, 3.63) is 23.3 Å². The molecule has 0 saturated carbocycles. The highest BCUT2D eigenvalue weighted by atomic mass is 16.5. The van der Waals surface area contributed by atoms with Crippen molar-refractivity contribution in [1.82, 2.24) is 0 Å². The number of benzene rings is 1. The minimum absolute atomic E-state index is 0.369. The molecule has 82 valence electrons. The Kier molecular flexibility index (Phi) is 4.12. The highest BCUT2D eigenvalue weighted by molar-refractivity contribution is 5.79. The molecule has 0 heterocycles. The van der Waals surface area contributed by atoms with Crippen molar-refractivity contribution in [2.45, 2.75) is 6.61 Å². The molecule has 0 radical (unpaired) electrons. The molecular weight excluding hydrogens is 196 g/mol. The van der Waals surface area contributed by atoms with Gasteiger partial charge in [0.15, 0.2) is 17.8 Å². The second-order valence-electron chi connectivity index (χ2n) is 2.96. The van der Waals surface area contributed by atoms with Crippen molar-refractivity contribution in [3.63, 3.8) is 0 Å². The Bertz CT molecular complexity index is 347. The van der Waals surface area contributed by atoms with Crippen molar-refractivity contribution in [2.75, 3.05) is 21.3 Å². The first-order valence-corrected chi connectivity index (χ1v) is 4.45. The van der Waals surface area contributed by atoms with Crippen LogP contribution in [0.4, 0.5) is 0 Å². The average Bonchev–Trinajstić information content (AvgIpc) is 2.28. The van der Waals surface area contributed by atoms with Crippen LogP contribution in [0.25, 0.3) is 0 Å². The molecule has 0 saturated heterocycles. The summed E-state index contributed by atoms with van der Waals surface area (Å²) in [4.78, 5) is 10.8. The maximum absolute atomic E-state index is 10.8. The van der Waals surface area contributed by atoms with Gasteiger partial charge < -0.3 is 14.2 Å². The molecule has 0 aliphatic carbocycles. The molecule has 4 nitrogen and oxygen atoms in total. The number of ether oxygens (including phenoxy) is 3. The van der Waals surface area contributed by atoms with E-state index in [1.807, 2.05) is 0 Å². The van der Waals surface area contributed by atoms with Gasteiger partial charge in [-0.25, -0.2) is 0 Å². The Balaban J connectivity index is 3.20. The van der Waals surface area contributed by atoms with E-state index in [0.717, 1.165) is 11.8 Å². The average molecular weight is 210 g/mol. The third-order valence-corrected chi connectivity index (χ3v) is 2.07. The minimum Gasteiger partial charge on any atom is -0.493 e. The number of carbonyl (C=O) groups excluding carboxylic acids is 1. The van der Waals surface area contributed by atoms with E-state index in [9.17, 15) is 4.79 Å². The van der Waals surface area contributed by atoms with Gasteiger partial charge in [-0.1, -0.05) is 0 Å². The Morgan fingerprint density at radius 2 is 1.73 bits per heavy atom. The van der Waals surface area contributed by atoms with Crippen LogP contribution in [0, 0.1) is 0 Å². The van der Waals surface area contributed by atoms with E-state index >= 15 is 0 Å². The predicted octanol–water partition coefficient (Wildman–Crippen LogP) is 1.66. The van der Waals surface area contributed by atoms with E-state index in [2.05, 4.69) is 0 Å². The van der Waals surface area contributed by atoms with Crippen LogP contribution in [0.3, 0.4) is 0 Å². The topological polar surface area (TPSA) is 44.8 Å². The normalized spacial score (nSPS) is 9.80. The first-order valence-electron chi connectivity index (χ1n) is 4.45. The molecule has 0 N–H and O–H groups in total. The lowest BCUT2D eigenvalue weighted by Gasteiger charge is -2.11. The fraction of sp³-hybridized carbons (Fsp3) is 0.364. The molecule has 0 bridgehead atoms. The fourth-order valence-electron chi connectivity index (χ4n) is 1.33. The number of rotatable bonds is 5.